The van der Waals surface area contributed by atoms with Crippen molar-refractivity contribution in [1.82, 2.24) is 4.90 Å². The predicted octanol–water partition coefficient (Wildman–Crippen LogP) is 2.82. The summed E-state index contributed by atoms with van der Waals surface area (Å²) in [6, 6.07) is 6.67. The Morgan fingerprint density at radius 3 is 2.48 bits per heavy atom. The van der Waals surface area contributed by atoms with Crippen molar-refractivity contribution in [3.05, 3.63) is 29.3 Å². The number of halogens is 1. The number of carboxylic acid groups (broad SMARTS) is 1. The summed E-state index contributed by atoms with van der Waals surface area (Å²) in [6.45, 7) is 4.95. The molecule has 116 valence electrons. The van der Waals surface area contributed by atoms with Crippen molar-refractivity contribution in [2.75, 3.05) is 6.54 Å². The van der Waals surface area contributed by atoms with Crippen LogP contribution >= 0.6 is 11.6 Å². The quantitative estimate of drug-likeness (QED) is 0.840. The monoisotopic (exact) mass is 313 g/mol. The van der Waals surface area contributed by atoms with Crippen LogP contribution in [0.15, 0.2) is 24.3 Å². The molecule has 0 aliphatic rings. The summed E-state index contributed by atoms with van der Waals surface area (Å²) >= 11 is 5.98. The Morgan fingerprint density at radius 1 is 1.33 bits per heavy atom. The van der Waals surface area contributed by atoms with Gasteiger partial charge in [0.05, 0.1) is 5.02 Å². The molecule has 1 aromatic rings. The Balaban J connectivity index is 2.83. The average molecular weight is 314 g/mol. The first-order valence-corrected chi connectivity index (χ1v) is 7.18. The van der Waals surface area contributed by atoms with E-state index in [0.29, 0.717) is 17.2 Å². The van der Waals surface area contributed by atoms with E-state index in [1.54, 1.807) is 31.2 Å². The summed E-state index contributed by atoms with van der Waals surface area (Å²) in [5, 5.41) is 9.34. The molecule has 21 heavy (non-hydrogen) atoms. The summed E-state index contributed by atoms with van der Waals surface area (Å²) in [4.78, 5) is 24.6. The fourth-order valence-electron chi connectivity index (χ4n) is 1.83. The van der Waals surface area contributed by atoms with E-state index in [0.717, 1.165) is 0 Å². The molecular weight excluding hydrogens is 294 g/mol. The minimum absolute atomic E-state index is 0.175. The Labute approximate surface area is 129 Å². The Bertz CT molecular complexity index is 506. The minimum Gasteiger partial charge on any atom is -0.480 e. The van der Waals surface area contributed by atoms with Gasteiger partial charge in [-0.3, -0.25) is 9.59 Å². The highest BCUT2D eigenvalue weighted by molar-refractivity contribution is 6.32. The van der Waals surface area contributed by atoms with Crippen LogP contribution in [0.1, 0.15) is 27.2 Å². The van der Waals surface area contributed by atoms with Gasteiger partial charge in [0.1, 0.15) is 12.3 Å². The van der Waals surface area contributed by atoms with Crippen LogP contribution in [-0.4, -0.2) is 40.6 Å². The Morgan fingerprint density at radius 2 is 1.95 bits per heavy atom. The van der Waals surface area contributed by atoms with Crippen LogP contribution in [0, 0.1) is 0 Å². The van der Waals surface area contributed by atoms with E-state index in [2.05, 4.69) is 0 Å². The first-order chi connectivity index (χ1) is 9.86. The summed E-state index contributed by atoms with van der Waals surface area (Å²) in [7, 11) is 0. The van der Waals surface area contributed by atoms with Gasteiger partial charge < -0.3 is 14.7 Å². The second-order valence-electron chi connectivity index (χ2n) is 4.81. The summed E-state index contributed by atoms with van der Waals surface area (Å²) in [5.41, 5.74) is 0. The number of ether oxygens (including phenoxy) is 1. The lowest BCUT2D eigenvalue weighted by atomic mass is 10.2. The molecule has 0 aliphatic heterocycles. The summed E-state index contributed by atoms with van der Waals surface area (Å²) in [5.74, 6) is -1.01. The number of hydrogen-bond acceptors (Lipinski definition) is 3. The summed E-state index contributed by atoms with van der Waals surface area (Å²) < 4.78 is 5.55. The largest absolute Gasteiger partial charge is 0.480 e. The molecule has 1 aromatic carbocycles. The fourth-order valence-corrected chi connectivity index (χ4v) is 2.01. The molecule has 2 atom stereocenters. The lowest BCUT2D eigenvalue weighted by molar-refractivity contribution is -0.149. The van der Waals surface area contributed by atoms with Gasteiger partial charge in [-0.1, -0.05) is 30.7 Å². The van der Waals surface area contributed by atoms with Crippen LogP contribution < -0.4 is 4.74 Å². The number of amides is 1. The lowest BCUT2D eigenvalue weighted by Gasteiger charge is -2.29. The van der Waals surface area contributed by atoms with Crippen molar-refractivity contribution >= 4 is 23.5 Å². The van der Waals surface area contributed by atoms with Crippen LogP contribution in [0.2, 0.25) is 5.02 Å². The van der Waals surface area contributed by atoms with Crippen LogP contribution in [0.25, 0.3) is 0 Å². The molecular formula is C15H20ClNO4. The highest BCUT2D eigenvalue weighted by Crippen LogP contribution is 2.24. The molecule has 0 radical (unpaired) electrons. The molecule has 5 nitrogen and oxygen atoms in total. The normalized spacial score (nSPS) is 13.3. The molecule has 0 bridgehead atoms. The average Bonchev–Trinajstić information content (AvgIpc) is 2.45. The number of nitrogens with zero attached hydrogens (tertiary/aromatic N) is 1. The number of para-hydroxylation sites is 1. The zero-order valence-corrected chi connectivity index (χ0v) is 13.1. The third-order valence-corrected chi connectivity index (χ3v) is 3.51. The first kappa shape index (κ1) is 17.3. The highest BCUT2D eigenvalue weighted by Gasteiger charge is 2.27. The molecule has 0 saturated heterocycles. The molecule has 1 amide bonds. The van der Waals surface area contributed by atoms with Gasteiger partial charge in [-0.2, -0.15) is 0 Å². The van der Waals surface area contributed by atoms with Gasteiger partial charge in [0.15, 0.2) is 6.10 Å². The van der Waals surface area contributed by atoms with E-state index in [9.17, 15) is 9.59 Å². The lowest BCUT2D eigenvalue weighted by Crippen LogP contribution is -2.47. The number of carbonyl (C=O) groups is 2. The second kappa shape index (κ2) is 7.88. The maximum absolute atomic E-state index is 12.4. The third-order valence-electron chi connectivity index (χ3n) is 3.20. The molecule has 0 heterocycles. The van der Waals surface area contributed by atoms with E-state index in [-0.39, 0.29) is 18.5 Å². The zero-order chi connectivity index (χ0) is 16.0. The van der Waals surface area contributed by atoms with Gasteiger partial charge in [0, 0.05) is 6.04 Å². The maximum Gasteiger partial charge on any atom is 0.323 e. The van der Waals surface area contributed by atoms with E-state index in [1.165, 1.54) is 4.90 Å². The topological polar surface area (TPSA) is 66.8 Å². The molecule has 0 saturated carbocycles. The second-order valence-corrected chi connectivity index (χ2v) is 5.21. The molecule has 0 aliphatic carbocycles. The van der Waals surface area contributed by atoms with Crippen LogP contribution in [0.4, 0.5) is 0 Å². The van der Waals surface area contributed by atoms with E-state index < -0.39 is 12.1 Å². The number of hydrogen-bond donors (Lipinski definition) is 1. The zero-order valence-electron chi connectivity index (χ0n) is 12.4. The first-order valence-electron chi connectivity index (χ1n) is 6.80. The van der Waals surface area contributed by atoms with Crippen molar-refractivity contribution in [2.24, 2.45) is 0 Å². The molecule has 0 spiro atoms. The molecule has 1 N–H and O–H groups in total. The number of benzene rings is 1. The van der Waals surface area contributed by atoms with Crippen LogP contribution in [-0.2, 0) is 9.59 Å². The van der Waals surface area contributed by atoms with Crippen molar-refractivity contribution in [1.29, 1.82) is 0 Å². The van der Waals surface area contributed by atoms with Gasteiger partial charge >= 0.3 is 5.97 Å². The number of aliphatic carboxylic acids is 1. The number of carboxylic acids is 1. The number of rotatable bonds is 7. The number of carbonyl (C=O) groups excluding carboxylic acids is 1. The Kier molecular flexibility index (Phi) is 6.49. The third kappa shape index (κ3) is 4.93. The van der Waals surface area contributed by atoms with Crippen molar-refractivity contribution in [3.8, 4) is 5.75 Å². The Hall–Kier alpha value is -1.75. The van der Waals surface area contributed by atoms with Crippen LogP contribution in [0.5, 0.6) is 5.75 Å². The predicted molar refractivity (Wildman–Crippen MR) is 80.6 cm³/mol. The van der Waals surface area contributed by atoms with Crippen molar-refractivity contribution in [3.63, 3.8) is 0 Å². The highest BCUT2D eigenvalue weighted by atomic mass is 35.5. The van der Waals surface area contributed by atoms with E-state index in [1.807, 2.05) is 13.8 Å². The van der Waals surface area contributed by atoms with Crippen LogP contribution in [0.3, 0.4) is 0 Å². The smallest absolute Gasteiger partial charge is 0.323 e. The fraction of sp³-hybridized carbons (Fsp3) is 0.467. The van der Waals surface area contributed by atoms with Gasteiger partial charge in [-0.15, -0.1) is 0 Å². The SMILES string of the molecule is CCC(C)N(CC(=O)O)C(=O)C(C)Oc1ccccc1Cl. The summed E-state index contributed by atoms with van der Waals surface area (Å²) in [6.07, 6.45) is -0.143. The molecule has 1 rings (SSSR count). The van der Waals surface area contributed by atoms with Gasteiger partial charge in [-0.25, -0.2) is 0 Å². The molecule has 0 fully saturated rings. The molecule has 0 aromatic heterocycles. The minimum atomic E-state index is -1.05. The van der Waals surface area contributed by atoms with Gasteiger partial charge in [-0.05, 0) is 32.4 Å². The van der Waals surface area contributed by atoms with Gasteiger partial charge in [0.25, 0.3) is 5.91 Å². The molecule has 2 unspecified atom stereocenters. The maximum atomic E-state index is 12.4. The van der Waals surface area contributed by atoms with Crippen molar-refractivity contribution < 1.29 is 19.4 Å². The molecule has 6 heteroatoms. The van der Waals surface area contributed by atoms with E-state index in [4.69, 9.17) is 21.4 Å². The van der Waals surface area contributed by atoms with Crippen molar-refractivity contribution in [2.45, 2.75) is 39.3 Å². The van der Waals surface area contributed by atoms with E-state index >= 15 is 0 Å². The standard InChI is InChI=1S/C15H20ClNO4/c1-4-10(2)17(9-14(18)19)15(20)11(3)21-13-8-6-5-7-12(13)16/h5-8,10-11H,4,9H2,1-3H3,(H,18,19). The van der Waals surface area contributed by atoms with Gasteiger partial charge in [0.2, 0.25) is 0 Å².